The van der Waals surface area contributed by atoms with Crippen LogP contribution in [-0.4, -0.2) is 42.0 Å². The summed E-state index contributed by atoms with van der Waals surface area (Å²) in [6, 6.07) is 6.20. The molecular formula is C19H19F4N3O2. The van der Waals surface area contributed by atoms with E-state index >= 15 is 0 Å². The molecule has 0 unspecified atom stereocenters. The lowest BCUT2D eigenvalue weighted by Gasteiger charge is -2.33. The number of halogens is 4. The summed E-state index contributed by atoms with van der Waals surface area (Å²) < 4.78 is 56.8. The van der Waals surface area contributed by atoms with E-state index in [0.29, 0.717) is 25.3 Å². The van der Waals surface area contributed by atoms with Gasteiger partial charge in [-0.1, -0.05) is 6.07 Å². The topological polar surface area (TPSA) is 54.5 Å². The fourth-order valence-electron chi connectivity index (χ4n) is 3.19. The van der Waals surface area contributed by atoms with E-state index in [1.54, 1.807) is 4.90 Å². The average molecular weight is 397 g/mol. The maximum atomic E-state index is 13.9. The summed E-state index contributed by atoms with van der Waals surface area (Å²) >= 11 is 0. The number of amides is 1. The quantitative estimate of drug-likeness (QED) is 0.794. The summed E-state index contributed by atoms with van der Waals surface area (Å²) in [5.74, 6) is -0.778. The molecule has 1 aromatic heterocycles. The highest BCUT2D eigenvalue weighted by molar-refractivity contribution is 5.97. The number of para-hydroxylation sites is 1. The molecule has 0 spiro atoms. The molecule has 1 aliphatic rings. The zero-order chi connectivity index (χ0) is 20.3. The van der Waals surface area contributed by atoms with Gasteiger partial charge in [-0.15, -0.1) is 0 Å². The van der Waals surface area contributed by atoms with Crippen LogP contribution in [0, 0.1) is 5.82 Å². The second-order valence-electron chi connectivity index (χ2n) is 6.49. The number of nitrogens with zero attached hydrogens (tertiary/aromatic N) is 2. The highest BCUT2D eigenvalue weighted by Gasteiger charge is 2.31. The van der Waals surface area contributed by atoms with Gasteiger partial charge in [-0.2, -0.15) is 13.2 Å². The van der Waals surface area contributed by atoms with Gasteiger partial charge in [-0.05, 0) is 37.1 Å². The Hall–Kier alpha value is -2.84. The van der Waals surface area contributed by atoms with E-state index in [9.17, 15) is 22.4 Å². The van der Waals surface area contributed by atoms with Crippen molar-refractivity contribution in [3.63, 3.8) is 0 Å². The van der Waals surface area contributed by atoms with Crippen LogP contribution in [0.4, 0.5) is 23.4 Å². The number of alkyl halides is 3. The Kier molecular flexibility index (Phi) is 5.71. The zero-order valence-corrected chi connectivity index (χ0v) is 15.1. The highest BCUT2D eigenvalue weighted by Crippen LogP contribution is 2.29. The van der Waals surface area contributed by atoms with E-state index in [-0.39, 0.29) is 23.3 Å². The predicted molar refractivity (Wildman–Crippen MR) is 94.7 cm³/mol. The summed E-state index contributed by atoms with van der Waals surface area (Å²) in [7, 11) is 1.30. The number of pyridine rings is 1. The van der Waals surface area contributed by atoms with Gasteiger partial charge >= 0.3 is 6.18 Å². The van der Waals surface area contributed by atoms with Crippen molar-refractivity contribution in [1.29, 1.82) is 0 Å². The van der Waals surface area contributed by atoms with E-state index in [0.717, 1.165) is 18.7 Å². The van der Waals surface area contributed by atoms with Crippen LogP contribution < -0.4 is 10.1 Å². The second kappa shape index (κ2) is 8.04. The van der Waals surface area contributed by atoms with Gasteiger partial charge in [0.2, 0.25) is 0 Å². The SMILES string of the molecule is COc1c(F)cccc1C(=O)N1CCC[C@@H](Nc2ccc(C(F)(F)F)cn2)C1. The van der Waals surface area contributed by atoms with Crippen LogP contribution in [0.2, 0.25) is 0 Å². The largest absolute Gasteiger partial charge is 0.493 e. The first-order valence-electron chi connectivity index (χ1n) is 8.71. The first kappa shape index (κ1) is 19.9. The monoisotopic (exact) mass is 397 g/mol. The van der Waals surface area contributed by atoms with Crippen molar-refractivity contribution in [3.8, 4) is 5.75 Å². The third-order valence-corrected chi connectivity index (χ3v) is 4.55. The lowest BCUT2D eigenvalue weighted by molar-refractivity contribution is -0.137. The Labute approximate surface area is 159 Å². The maximum absolute atomic E-state index is 13.9. The van der Waals surface area contributed by atoms with Crippen LogP contribution in [0.5, 0.6) is 5.75 Å². The van der Waals surface area contributed by atoms with Gasteiger partial charge in [0.15, 0.2) is 11.6 Å². The number of rotatable bonds is 4. The van der Waals surface area contributed by atoms with Crippen molar-refractivity contribution < 1.29 is 27.1 Å². The molecule has 1 atom stereocenters. The number of carbonyl (C=O) groups excluding carboxylic acids is 1. The molecular weight excluding hydrogens is 378 g/mol. The molecule has 1 amide bonds. The fourth-order valence-corrected chi connectivity index (χ4v) is 3.19. The molecule has 1 aromatic carbocycles. The molecule has 1 fully saturated rings. The molecule has 5 nitrogen and oxygen atoms in total. The van der Waals surface area contributed by atoms with Crippen molar-refractivity contribution in [2.24, 2.45) is 0 Å². The van der Waals surface area contributed by atoms with Crippen molar-refractivity contribution >= 4 is 11.7 Å². The molecule has 1 aliphatic heterocycles. The van der Waals surface area contributed by atoms with Crippen LogP contribution in [0.3, 0.4) is 0 Å². The minimum absolute atomic E-state index is 0.105. The molecule has 1 saturated heterocycles. The number of likely N-dealkylation sites (tertiary alicyclic amines) is 1. The Morgan fingerprint density at radius 2 is 2.07 bits per heavy atom. The van der Waals surface area contributed by atoms with Crippen LogP contribution in [0.25, 0.3) is 0 Å². The van der Waals surface area contributed by atoms with Gasteiger partial charge in [-0.25, -0.2) is 9.37 Å². The Morgan fingerprint density at radius 3 is 2.71 bits per heavy atom. The zero-order valence-electron chi connectivity index (χ0n) is 15.1. The summed E-state index contributed by atoms with van der Waals surface area (Å²) in [5.41, 5.74) is -0.687. The number of hydrogen-bond donors (Lipinski definition) is 1. The van der Waals surface area contributed by atoms with Crippen molar-refractivity contribution in [1.82, 2.24) is 9.88 Å². The average Bonchev–Trinajstić information content (AvgIpc) is 2.67. The number of carbonyl (C=O) groups is 1. The number of benzene rings is 1. The smallest absolute Gasteiger partial charge is 0.417 e. The number of nitrogens with one attached hydrogen (secondary N) is 1. The Balaban J connectivity index is 1.69. The molecule has 0 aliphatic carbocycles. The molecule has 0 saturated carbocycles. The predicted octanol–water partition coefficient (Wildman–Crippen LogP) is 3.96. The number of anilines is 1. The number of piperidine rings is 1. The fraction of sp³-hybridized carbons (Fsp3) is 0.368. The molecule has 150 valence electrons. The second-order valence-corrected chi connectivity index (χ2v) is 6.49. The van der Waals surface area contributed by atoms with Gasteiger partial charge in [0, 0.05) is 25.3 Å². The summed E-state index contributed by atoms with van der Waals surface area (Å²) in [5, 5.41) is 3.06. The normalized spacial score (nSPS) is 17.3. The molecule has 9 heteroatoms. The molecule has 3 rings (SSSR count). The third kappa shape index (κ3) is 4.35. The minimum atomic E-state index is -4.44. The van der Waals surface area contributed by atoms with Crippen LogP contribution in [0.15, 0.2) is 36.5 Å². The van der Waals surface area contributed by atoms with Gasteiger partial charge in [0.25, 0.3) is 5.91 Å². The third-order valence-electron chi connectivity index (χ3n) is 4.55. The van der Waals surface area contributed by atoms with Crippen LogP contribution in [0.1, 0.15) is 28.8 Å². The van der Waals surface area contributed by atoms with Crippen LogP contribution in [-0.2, 0) is 6.18 Å². The number of hydrogen-bond acceptors (Lipinski definition) is 4. The first-order chi connectivity index (χ1) is 13.3. The molecule has 0 bridgehead atoms. The van der Waals surface area contributed by atoms with Gasteiger partial charge in [0.1, 0.15) is 5.82 Å². The number of aromatic nitrogens is 1. The molecule has 2 aromatic rings. The van der Waals surface area contributed by atoms with E-state index in [1.807, 2.05) is 0 Å². The number of ether oxygens (including phenoxy) is 1. The summed E-state index contributed by atoms with van der Waals surface area (Å²) in [6.07, 6.45) is -2.25. The first-order valence-corrected chi connectivity index (χ1v) is 8.71. The van der Waals surface area contributed by atoms with E-state index < -0.39 is 17.6 Å². The van der Waals surface area contributed by atoms with Crippen LogP contribution >= 0.6 is 0 Å². The Morgan fingerprint density at radius 1 is 1.29 bits per heavy atom. The maximum Gasteiger partial charge on any atom is 0.417 e. The standard InChI is InChI=1S/C19H19F4N3O2/c1-28-17-14(5-2-6-15(17)20)18(27)26-9-3-4-13(11-26)25-16-8-7-12(10-24-16)19(21,22)23/h2,5-8,10,13H,3-4,9,11H2,1H3,(H,24,25)/t13-/m1/s1. The van der Waals surface area contributed by atoms with Gasteiger partial charge < -0.3 is 15.0 Å². The minimum Gasteiger partial charge on any atom is -0.493 e. The molecule has 2 heterocycles. The summed E-state index contributed by atoms with van der Waals surface area (Å²) in [4.78, 5) is 18.2. The van der Waals surface area contributed by atoms with Crippen molar-refractivity contribution in [3.05, 3.63) is 53.5 Å². The highest BCUT2D eigenvalue weighted by atomic mass is 19.4. The molecule has 28 heavy (non-hydrogen) atoms. The van der Waals surface area contributed by atoms with Crippen molar-refractivity contribution in [2.75, 3.05) is 25.5 Å². The number of methoxy groups -OCH3 is 1. The van der Waals surface area contributed by atoms with E-state index in [1.165, 1.54) is 31.4 Å². The lowest BCUT2D eigenvalue weighted by Crippen LogP contribution is -2.45. The molecule has 0 radical (unpaired) electrons. The van der Waals surface area contributed by atoms with Gasteiger partial charge in [-0.3, -0.25) is 4.79 Å². The van der Waals surface area contributed by atoms with Gasteiger partial charge in [0.05, 0.1) is 18.2 Å². The van der Waals surface area contributed by atoms with Crippen molar-refractivity contribution in [2.45, 2.75) is 25.1 Å². The summed E-state index contributed by atoms with van der Waals surface area (Å²) in [6.45, 7) is 0.818. The Bertz CT molecular complexity index is 840. The van der Waals surface area contributed by atoms with E-state index in [2.05, 4.69) is 10.3 Å². The molecule has 1 N–H and O–H groups in total. The lowest BCUT2D eigenvalue weighted by atomic mass is 10.0. The van der Waals surface area contributed by atoms with E-state index in [4.69, 9.17) is 4.74 Å².